The number of nitrogens with one attached hydrogen (secondary N) is 1. The summed E-state index contributed by atoms with van der Waals surface area (Å²) in [6, 6.07) is 13.4. The van der Waals surface area contributed by atoms with Crippen LogP contribution in [0.25, 0.3) is 0 Å². The second-order valence-electron chi connectivity index (χ2n) is 7.03. The number of nitrogens with zero attached hydrogens (tertiary/aromatic N) is 1. The topological polar surface area (TPSA) is 107 Å². The van der Waals surface area contributed by atoms with Crippen molar-refractivity contribution in [1.82, 2.24) is 10.2 Å². The molecule has 2 saturated heterocycles. The van der Waals surface area contributed by atoms with Crippen LogP contribution in [0.15, 0.2) is 48.5 Å². The molecule has 33 heavy (non-hydrogen) atoms. The number of benzene rings is 2. The van der Waals surface area contributed by atoms with E-state index < -0.39 is 5.97 Å². The molecule has 2 heterocycles. The van der Waals surface area contributed by atoms with Gasteiger partial charge in [-0.2, -0.15) is 0 Å². The first-order chi connectivity index (χ1) is 16.0. The highest BCUT2D eigenvalue weighted by molar-refractivity contribution is 5.94. The zero-order valence-electron chi connectivity index (χ0n) is 19.1. The van der Waals surface area contributed by atoms with Gasteiger partial charge in [-0.25, -0.2) is 4.79 Å². The molecule has 9 heteroatoms. The maximum atomic E-state index is 12.0. The number of rotatable bonds is 4. The van der Waals surface area contributed by atoms with E-state index >= 15 is 0 Å². The fraction of sp³-hybridized carbons (Fsp3) is 0.417. The van der Waals surface area contributed by atoms with Gasteiger partial charge in [0.2, 0.25) is 0 Å². The summed E-state index contributed by atoms with van der Waals surface area (Å²) in [6.45, 7) is 6.43. The Labute approximate surface area is 194 Å². The Hall–Kier alpha value is -3.14. The van der Waals surface area contributed by atoms with Gasteiger partial charge in [0.15, 0.2) is 0 Å². The largest absolute Gasteiger partial charge is 0.497 e. The Morgan fingerprint density at radius 1 is 0.788 bits per heavy atom. The van der Waals surface area contributed by atoms with Crippen LogP contribution in [0.2, 0.25) is 0 Å². The van der Waals surface area contributed by atoms with Crippen molar-refractivity contribution in [2.24, 2.45) is 0 Å². The van der Waals surface area contributed by atoms with E-state index in [1.54, 1.807) is 43.5 Å². The van der Waals surface area contributed by atoms with Crippen molar-refractivity contribution in [3.05, 3.63) is 59.7 Å². The Morgan fingerprint density at radius 3 is 1.61 bits per heavy atom. The first-order valence-electron chi connectivity index (χ1n) is 10.7. The van der Waals surface area contributed by atoms with E-state index in [4.69, 9.17) is 24.1 Å². The molecule has 2 fully saturated rings. The highest BCUT2D eigenvalue weighted by Crippen LogP contribution is 2.14. The van der Waals surface area contributed by atoms with Crippen LogP contribution in [0.4, 0.5) is 0 Å². The van der Waals surface area contributed by atoms with Crippen LogP contribution in [0.1, 0.15) is 20.7 Å². The minimum absolute atomic E-state index is 0.0611. The number of carbonyl (C=O) groups is 2. The summed E-state index contributed by atoms with van der Waals surface area (Å²) < 4.78 is 20.1. The van der Waals surface area contributed by atoms with Crippen LogP contribution >= 0.6 is 0 Å². The molecule has 0 spiro atoms. The van der Waals surface area contributed by atoms with Crippen LogP contribution in [-0.4, -0.2) is 88.7 Å². The van der Waals surface area contributed by atoms with Crippen molar-refractivity contribution < 1.29 is 33.6 Å². The summed E-state index contributed by atoms with van der Waals surface area (Å²) in [5.41, 5.74) is 0.966. The molecule has 180 valence electrons. The summed E-state index contributed by atoms with van der Waals surface area (Å²) in [7, 11) is 3.15. The Balaban J connectivity index is 0.000000195. The molecule has 0 radical (unpaired) electrons. The normalized spacial score (nSPS) is 15.2. The van der Waals surface area contributed by atoms with Gasteiger partial charge in [0.1, 0.15) is 11.5 Å². The molecule has 1 amide bonds. The van der Waals surface area contributed by atoms with Gasteiger partial charge in [-0.3, -0.25) is 4.79 Å². The zero-order chi connectivity index (χ0) is 23.9. The van der Waals surface area contributed by atoms with Crippen LogP contribution in [0.3, 0.4) is 0 Å². The SMILES string of the molecule is C1COCCN1.COc1ccc(C(=O)N2CCOCC2)cc1.COc1ccc(C(=O)O)cc1. The molecule has 4 rings (SSSR count). The van der Waals surface area contributed by atoms with Gasteiger partial charge in [0.05, 0.1) is 46.2 Å². The number of hydrogen-bond acceptors (Lipinski definition) is 7. The lowest BCUT2D eigenvalue weighted by Gasteiger charge is -2.26. The lowest BCUT2D eigenvalue weighted by molar-refractivity contribution is 0.0303. The Morgan fingerprint density at radius 2 is 1.24 bits per heavy atom. The second kappa shape index (κ2) is 14.8. The van der Waals surface area contributed by atoms with Crippen molar-refractivity contribution >= 4 is 11.9 Å². The van der Waals surface area contributed by atoms with Crippen LogP contribution in [0, 0.1) is 0 Å². The lowest BCUT2D eigenvalue weighted by atomic mass is 10.2. The molecule has 9 nitrogen and oxygen atoms in total. The van der Waals surface area contributed by atoms with E-state index in [1.165, 1.54) is 19.2 Å². The number of carboxylic acid groups (broad SMARTS) is 1. The average Bonchev–Trinajstić information content (AvgIpc) is 2.90. The Kier molecular flexibility index (Phi) is 11.7. The van der Waals surface area contributed by atoms with Crippen molar-refractivity contribution in [2.45, 2.75) is 0 Å². The number of hydrogen-bond donors (Lipinski definition) is 2. The summed E-state index contributed by atoms with van der Waals surface area (Å²) in [4.78, 5) is 24.2. The molecular weight excluding hydrogens is 428 g/mol. The number of carboxylic acids is 1. The molecule has 0 aromatic heterocycles. The molecule has 2 aromatic carbocycles. The third kappa shape index (κ3) is 9.48. The standard InChI is InChI=1S/C12H15NO3.C8H8O3.C4H9NO/c1-15-11-4-2-10(3-5-11)12(14)13-6-8-16-9-7-13;1-11-7-4-2-6(3-5-7)8(9)10;1-3-6-4-2-5-1/h2-5H,6-9H2,1H3;2-5H,1H3,(H,9,10);5H,1-4H2. The fourth-order valence-corrected chi connectivity index (χ4v) is 2.93. The van der Waals surface area contributed by atoms with Gasteiger partial charge >= 0.3 is 5.97 Å². The van der Waals surface area contributed by atoms with Crippen molar-refractivity contribution in [3.63, 3.8) is 0 Å². The highest BCUT2D eigenvalue weighted by atomic mass is 16.5. The van der Waals surface area contributed by atoms with E-state index in [2.05, 4.69) is 5.32 Å². The smallest absolute Gasteiger partial charge is 0.335 e. The Bertz CT molecular complexity index is 819. The minimum atomic E-state index is -0.923. The maximum Gasteiger partial charge on any atom is 0.335 e. The summed E-state index contributed by atoms with van der Waals surface area (Å²) >= 11 is 0. The predicted octanol–water partition coefficient (Wildman–Crippen LogP) is 2.17. The molecule has 2 aliphatic rings. The number of amides is 1. The number of carbonyl (C=O) groups excluding carboxylic acids is 1. The van der Waals surface area contributed by atoms with Gasteiger partial charge in [0.25, 0.3) is 5.91 Å². The quantitative estimate of drug-likeness (QED) is 0.715. The summed E-state index contributed by atoms with van der Waals surface area (Å²) in [5, 5.41) is 11.7. The van der Waals surface area contributed by atoms with E-state index in [0.29, 0.717) is 37.6 Å². The van der Waals surface area contributed by atoms with E-state index in [9.17, 15) is 9.59 Å². The van der Waals surface area contributed by atoms with E-state index in [0.717, 1.165) is 32.1 Å². The predicted molar refractivity (Wildman–Crippen MR) is 123 cm³/mol. The van der Waals surface area contributed by atoms with Crippen LogP contribution < -0.4 is 14.8 Å². The van der Waals surface area contributed by atoms with Gasteiger partial charge in [-0.15, -0.1) is 0 Å². The number of aromatic carboxylic acids is 1. The maximum absolute atomic E-state index is 12.0. The van der Waals surface area contributed by atoms with Crippen LogP contribution in [-0.2, 0) is 9.47 Å². The van der Waals surface area contributed by atoms with Crippen molar-refractivity contribution in [1.29, 1.82) is 0 Å². The van der Waals surface area contributed by atoms with Crippen molar-refractivity contribution in [2.75, 3.05) is 66.8 Å². The monoisotopic (exact) mass is 460 g/mol. The summed E-state index contributed by atoms with van der Waals surface area (Å²) in [6.07, 6.45) is 0. The minimum Gasteiger partial charge on any atom is -0.497 e. The van der Waals surface area contributed by atoms with Gasteiger partial charge in [-0.05, 0) is 48.5 Å². The zero-order valence-corrected chi connectivity index (χ0v) is 19.1. The van der Waals surface area contributed by atoms with E-state index in [-0.39, 0.29) is 11.5 Å². The van der Waals surface area contributed by atoms with Crippen molar-refractivity contribution in [3.8, 4) is 11.5 Å². The molecular formula is C24H32N2O7. The van der Waals surface area contributed by atoms with Gasteiger partial charge in [0, 0.05) is 31.7 Å². The van der Waals surface area contributed by atoms with Crippen LogP contribution in [0.5, 0.6) is 11.5 Å². The first-order valence-corrected chi connectivity index (χ1v) is 10.7. The molecule has 0 unspecified atom stereocenters. The molecule has 2 aromatic rings. The molecule has 0 aliphatic carbocycles. The van der Waals surface area contributed by atoms with E-state index in [1.807, 2.05) is 4.90 Å². The fourth-order valence-electron chi connectivity index (χ4n) is 2.93. The van der Waals surface area contributed by atoms with Gasteiger partial charge in [-0.1, -0.05) is 0 Å². The molecule has 0 saturated carbocycles. The molecule has 2 aliphatic heterocycles. The number of morpholine rings is 2. The molecule has 0 bridgehead atoms. The molecule has 2 N–H and O–H groups in total. The first kappa shape index (κ1) is 26.1. The second-order valence-corrected chi connectivity index (χ2v) is 7.03. The number of ether oxygens (including phenoxy) is 4. The third-order valence-corrected chi connectivity index (χ3v) is 4.82. The highest BCUT2D eigenvalue weighted by Gasteiger charge is 2.18. The number of methoxy groups -OCH3 is 2. The van der Waals surface area contributed by atoms with Gasteiger partial charge < -0.3 is 34.3 Å². The lowest BCUT2D eigenvalue weighted by Crippen LogP contribution is -2.40. The molecule has 0 atom stereocenters. The average molecular weight is 461 g/mol. The third-order valence-electron chi connectivity index (χ3n) is 4.82. The summed E-state index contributed by atoms with van der Waals surface area (Å²) in [5.74, 6) is 0.562.